The smallest absolute Gasteiger partial charge is 0.279 e. The quantitative estimate of drug-likeness (QED) is 0.586. The summed E-state index contributed by atoms with van der Waals surface area (Å²) in [5.41, 5.74) is 6.86. The maximum Gasteiger partial charge on any atom is 0.279 e. The number of carbonyl (C=O) groups excluding carboxylic acids is 1. The van der Waals surface area contributed by atoms with Crippen LogP contribution in [0, 0.1) is 12.7 Å². The summed E-state index contributed by atoms with van der Waals surface area (Å²) < 4.78 is 18.8. The Hall–Kier alpha value is -2.67. The highest BCUT2D eigenvalue weighted by atomic mass is 32.1. The molecule has 0 bridgehead atoms. The zero-order valence-electron chi connectivity index (χ0n) is 13.3. The normalized spacial score (nSPS) is 11.3. The molecule has 0 heterocycles. The topological polar surface area (TPSA) is 62.4 Å². The van der Waals surface area contributed by atoms with E-state index in [2.05, 4.69) is 16.2 Å². The number of thiocarbonyl (C=S) groups is 1. The number of rotatable bonds is 4. The van der Waals surface area contributed by atoms with Gasteiger partial charge in [-0.25, -0.2) is 4.39 Å². The third-order valence-electron chi connectivity index (χ3n) is 3.20. The molecule has 3 N–H and O–H groups in total. The summed E-state index contributed by atoms with van der Waals surface area (Å²) in [4.78, 5) is 12.0. The minimum Gasteiger partial charge on any atom is -0.478 e. The fourth-order valence-electron chi connectivity index (χ4n) is 1.87. The second kappa shape index (κ2) is 8.26. The molecule has 1 amide bonds. The summed E-state index contributed by atoms with van der Waals surface area (Å²) in [6, 6.07) is 13.5. The molecule has 24 heavy (non-hydrogen) atoms. The van der Waals surface area contributed by atoms with Gasteiger partial charge >= 0.3 is 0 Å². The van der Waals surface area contributed by atoms with E-state index in [4.69, 9.17) is 17.0 Å². The van der Waals surface area contributed by atoms with E-state index >= 15 is 0 Å². The largest absolute Gasteiger partial charge is 0.478 e. The second-order valence-electron chi connectivity index (χ2n) is 5.07. The monoisotopic (exact) mass is 347 g/mol. The highest BCUT2D eigenvalue weighted by Crippen LogP contribution is 2.17. The van der Waals surface area contributed by atoms with Crippen LogP contribution in [0.2, 0.25) is 0 Å². The van der Waals surface area contributed by atoms with Crippen molar-refractivity contribution in [2.24, 2.45) is 0 Å². The molecular formula is C17H18FN3O2S. The lowest BCUT2D eigenvalue weighted by Gasteiger charge is -2.17. The highest BCUT2D eigenvalue weighted by Gasteiger charge is 2.16. The van der Waals surface area contributed by atoms with Gasteiger partial charge in [0.05, 0.1) is 0 Å². The summed E-state index contributed by atoms with van der Waals surface area (Å²) in [7, 11) is 0. The van der Waals surface area contributed by atoms with Crippen molar-refractivity contribution in [2.75, 3.05) is 5.32 Å². The maximum absolute atomic E-state index is 13.5. The second-order valence-corrected chi connectivity index (χ2v) is 5.48. The Morgan fingerprint density at radius 3 is 2.50 bits per heavy atom. The number of aryl methyl sites for hydroxylation is 1. The van der Waals surface area contributed by atoms with Crippen LogP contribution in [0.3, 0.4) is 0 Å². The van der Waals surface area contributed by atoms with Gasteiger partial charge in [-0.05, 0) is 49.8 Å². The van der Waals surface area contributed by atoms with E-state index in [1.165, 1.54) is 19.1 Å². The van der Waals surface area contributed by atoms with Crippen LogP contribution in [0.1, 0.15) is 12.5 Å². The van der Waals surface area contributed by atoms with E-state index in [-0.39, 0.29) is 10.9 Å². The number of nitrogens with one attached hydrogen (secondary N) is 3. The average Bonchev–Trinajstić information content (AvgIpc) is 2.56. The summed E-state index contributed by atoms with van der Waals surface area (Å²) in [6.45, 7) is 3.45. The standard InChI is InChI=1S/C17H18FN3O2S/c1-11-7-3-5-9-14(11)19-17(24)21-20-16(22)12(2)23-15-10-6-4-8-13(15)18/h3-10,12H,1-2H3,(H,20,22)(H2,19,21,24)/t12-/m0/s1. The summed E-state index contributed by atoms with van der Waals surface area (Å²) in [5.74, 6) is -0.991. The predicted molar refractivity (Wildman–Crippen MR) is 95.2 cm³/mol. The van der Waals surface area contributed by atoms with Gasteiger partial charge in [0.2, 0.25) is 0 Å². The minimum absolute atomic E-state index is 0.0146. The summed E-state index contributed by atoms with van der Waals surface area (Å²) in [6.07, 6.45) is -0.893. The molecule has 0 unspecified atom stereocenters. The molecule has 0 fully saturated rings. The van der Waals surface area contributed by atoms with Gasteiger partial charge in [-0.15, -0.1) is 0 Å². The van der Waals surface area contributed by atoms with Crippen LogP contribution < -0.4 is 20.9 Å². The molecule has 2 aromatic rings. The highest BCUT2D eigenvalue weighted by molar-refractivity contribution is 7.80. The molecule has 0 spiro atoms. The molecule has 0 saturated carbocycles. The molecule has 0 aliphatic rings. The molecule has 126 valence electrons. The first kappa shape index (κ1) is 17.7. The first-order valence-corrected chi connectivity index (χ1v) is 7.72. The van der Waals surface area contributed by atoms with Gasteiger partial charge in [0.25, 0.3) is 5.91 Å². The van der Waals surface area contributed by atoms with Crippen LogP contribution in [-0.2, 0) is 4.79 Å². The van der Waals surface area contributed by atoms with E-state index in [0.717, 1.165) is 11.3 Å². The predicted octanol–water partition coefficient (Wildman–Crippen LogP) is 2.92. The lowest BCUT2D eigenvalue weighted by molar-refractivity contribution is -0.127. The zero-order valence-corrected chi connectivity index (χ0v) is 14.1. The van der Waals surface area contributed by atoms with Crippen LogP contribution >= 0.6 is 12.2 Å². The van der Waals surface area contributed by atoms with Crippen molar-refractivity contribution in [2.45, 2.75) is 20.0 Å². The first-order chi connectivity index (χ1) is 11.5. The number of anilines is 1. The number of hydrazine groups is 1. The van der Waals surface area contributed by atoms with Gasteiger partial charge in [-0.1, -0.05) is 30.3 Å². The van der Waals surface area contributed by atoms with Gasteiger partial charge in [0.1, 0.15) is 0 Å². The van der Waals surface area contributed by atoms with Crippen LogP contribution in [0.4, 0.5) is 10.1 Å². The number of benzene rings is 2. The fraction of sp³-hybridized carbons (Fsp3) is 0.176. The van der Waals surface area contributed by atoms with Crippen molar-refractivity contribution in [3.8, 4) is 5.75 Å². The van der Waals surface area contributed by atoms with E-state index in [9.17, 15) is 9.18 Å². The molecule has 2 rings (SSSR count). The lowest BCUT2D eigenvalue weighted by atomic mass is 10.2. The molecule has 0 aliphatic carbocycles. The number of halogens is 1. The van der Waals surface area contributed by atoms with E-state index < -0.39 is 17.8 Å². The summed E-state index contributed by atoms with van der Waals surface area (Å²) in [5, 5.41) is 3.20. The van der Waals surface area contributed by atoms with Crippen molar-refractivity contribution in [3.05, 3.63) is 59.9 Å². The SMILES string of the molecule is Cc1ccccc1NC(=S)NNC(=O)[C@H](C)Oc1ccccc1F. The molecule has 0 saturated heterocycles. The number of carbonyl (C=O) groups is 1. The van der Waals surface area contributed by atoms with Gasteiger partial charge < -0.3 is 10.1 Å². The summed E-state index contributed by atoms with van der Waals surface area (Å²) >= 11 is 5.11. The molecule has 0 radical (unpaired) electrons. The van der Waals surface area contributed by atoms with Crippen LogP contribution in [-0.4, -0.2) is 17.1 Å². The van der Waals surface area contributed by atoms with Crippen molar-refractivity contribution in [3.63, 3.8) is 0 Å². The van der Waals surface area contributed by atoms with E-state index in [1.54, 1.807) is 12.1 Å². The number of hydrogen-bond acceptors (Lipinski definition) is 3. The fourth-order valence-corrected chi connectivity index (χ4v) is 2.03. The Bertz CT molecular complexity index is 739. The van der Waals surface area contributed by atoms with Gasteiger partial charge in [0.15, 0.2) is 22.8 Å². The van der Waals surface area contributed by atoms with Crippen molar-refractivity contribution >= 4 is 28.9 Å². The number of hydrogen-bond donors (Lipinski definition) is 3. The Morgan fingerprint density at radius 1 is 1.12 bits per heavy atom. The number of para-hydroxylation sites is 2. The van der Waals surface area contributed by atoms with E-state index in [0.29, 0.717) is 0 Å². The van der Waals surface area contributed by atoms with Crippen molar-refractivity contribution in [1.29, 1.82) is 0 Å². The van der Waals surface area contributed by atoms with Crippen molar-refractivity contribution < 1.29 is 13.9 Å². The van der Waals surface area contributed by atoms with Crippen molar-refractivity contribution in [1.82, 2.24) is 10.9 Å². The lowest BCUT2D eigenvalue weighted by Crippen LogP contribution is -2.48. The van der Waals surface area contributed by atoms with Crippen LogP contribution in [0.15, 0.2) is 48.5 Å². The Morgan fingerprint density at radius 2 is 1.79 bits per heavy atom. The molecule has 2 aromatic carbocycles. The zero-order chi connectivity index (χ0) is 17.5. The Kier molecular flexibility index (Phi) is 6.08. The van der Waals surface area contributed by atoms with E-state index in [1.807, 2.05) is 31.2 Å². The molecule has 5 nitrogen and oxygen atoms in total. The maximum atomic E-state index is 13.5. The minimum atomic E-state index is -0.893. The molecule has 0 aliphatic heterocycles. The van der Waals surface area contributed by atoms with Gasteiger partial charge in [-0.2, -0.15) is 0 Å². The molecule has 7 heteroatoms. The molecular weight excluding hydrogens is 329 g/mol. The van der Waals surface area contributed by atoms with Crippen LogP contribution in [0.5, 0.6) is 5.75 Å². The molecule has 0 aromatic heterocycles. The van der Waals surface area contributed by atoms with Crippen LogP contribution in [0.25, 0.3) is 0 Å². The van der Waals surface area contributed by atoms with Gasteiger partial charge in [-0.3, -0.25) is 15.6 Å². The number of amides is 1. The Balaban J connectivity index is 1.83. The first-order valence-electron chi connectivity index (χ1n) is 7.31. The molecule has 1 atom stereocenters. The third kappa shape index (κ3) is 4.92. The Labute approximate surface area is 145 Å². The van der Waals surface area contributed by atoms with Gasteiger partial charge in [0, 0.05) is 5.69 Å². The average molecular weight is 347 g/mol. The number of ether oxygens (including phenoxy) is 1. The third-order valence-corrected chi connectivity index (χ3v) is 3.41.